The third-order valence-electron chi connectivity index (χ3n) is 3.11. The predicted octanol–water partition coefficient (Wildman–Crippen LogP) is 3.96. The van der Waals surface area contributed by atoms with Crippen LogP contribution in [0.2, 0.25) is 0 Å². The molecule has 0 aliphatic rings. The van der Waals surface area contributed by atoms with E-state index in [1.54, 1.807) is 24.3 Å². The van der Waals surface area contributed by atoms with Gasteiger partial charge in [0.2, 0.25) is 0 Å². The van der Waals surface area contributed by atoms with Crippen LogP contribution >= 0.6 is 0 Å². The number of hydrogen-bond acceptors (Lipinski definition) is 2. The van der Waals surface area contributed by atoms with Crippen molar-refractivity contribution in [2.75, 3.05) is 13.2 Å². The van der Waals surface area contributed by atoms with E-state index in [2.05, 4.69) is 5.32 Å². The summed E-state index contributed by atoms with van der Waals surface area (Å²) in [5.74, 6) is 0.720. The number of rotatable bonds is 8. The van der Waals surface area contributed by atoms with Crippen molar-refractivity contribution in [1.29, 1.82) is 0 Å². The van der Waals surface area contributed by atoms with Crippen LogP contribution in [-0.2, 0) is 5.54 Å². The second kappa shape index (κ2) is 7.43. The van der Waals surface area contributed by atoms with Gasteiger partial charge in [0.05, 0.1) is 6.61 Å². The molecular formula is C15H23F2NO. The van der Waals surface area contributed by atoms with Gasteiger partial charge in [0, 0.05) is 0 Å². The van der Waals surface area contributed by atoms with E-state index in [4.69, 9.17) is 4.74 Å². The second-order valence-electron chi connectivity index (χ2n) is 4.80. The molecule has 0 spiro atoms. The summed E-state index contributed by atoms with van der Waals surface area (Å²) in [7, 11) is 0. The monoisotopic (exact) mass is 271 g/mol. The molecule has 0 aliphatic carbocycles. The molecule has 108 valence electrons. The molecule has 19 heavy (non-hydrogen) atoms. The summed E-state index contributed by atoms with van der Waals surface area (Å²) in [6, 6.07) is 6.91. The Morgan fingerprint density at radius 1 is 1.16 bits per heavy atom. The fraction of sp³-hybridized carbons (Fsp3) is 0.600. The molecule has 0 radical (unpaired) electrons. The molecule has 4 heteroatoms. The Bertz CT molecular complexity index is 367. The van der Waals surface area contributed by atoms with E-state index < -0.39 is 12.0 Å². The third kappa shape index (κ3) is 4.16. The first-order chi connectivity index (χ1) is 9.04. The van der Waals surface area contributed by atoms with E-state index in [0.717, 1.165) is 18.6 Å². The van der Waals surface area contributed by atoms with Crippen molar-refractivity contribution in [3.8, 4) is 5.75 Å². The first-order valence-corrected chi connectivity index (χ1v) is 6.81. The number of ether oxygens (including phenoxy) is 1. The van der Waals surface area contributed by atoms with Crippen LogP contribution in [0.1, 0.15) is 39.2 Å². The van der Waals surface area contributed by atoms with Crippen LogP contribution in [0, 0.1) is 0 Å². The highest BCUT2D eigenvalue weighted by molar-refractivity contribution is 5.32. The molecule has 1 aromatic carbocycles. The normalized spacial score (nSPS) is 14.4. The zero-order valence-corrected chi connectivity index (χ0v) is 11.9. The molecule has 0 saturated carbocycles. The number of nitrogens with one attached hydrogen (secondary N) is 1. The van der Waals surface area contributed by atoms with Gasteiger partial charge < -0.3 is 10.1 Å². The van der Waals surface area contributed by atoms with Crippen LogP contribution in [0.25, 0.3) is 0 Å². The Balaban J connectivity index is 2.85. The fourth-order valence-corrected chi connectivity index (χ4v) is 1.81. The third-order valence-corrected chi connectivity index (χ3v) is 3.11. The Labute approximate surface area is 114 Å². The van der Waals surface area contributed by atoms with Gasteiger partial charge in [-0.2, -0.15) is 0 Å². The molecular weight excluding hydrogens is 248 g/mol. The van der Waals surface area contributed by atoms with E-state index in [1.807, 2.05) is 13.8 Å². The topological polar surface area (TPSA) is 21.3 Å². The smallest absolute Gasteiger partial charge is 0.260 e. The summed E-state index contributed by atoms with van der Waals surface area (Å²) in [5, 5.41) is 2.93. The van der Waals surface area contributed by atoms with Gasteiger partial charge in [-0.3, -0.25) is 0 Å². The molecule has 0 saturated heterocycles. The Kier molecular flexibility index (Phi) is 6.22. The highest BCUT2D eigenvalue weighted by atomic mass is 19.3. The van der Waals surface area contributed by atoms with E-state index >= 15 is 0 Å². The van der Waals surface area contributed by atoms with E-state index in [9.17, 15) is 8.78 Å². The maximum absolute atomic E-state index is 13.3. The Hall–Kier alpha value is -1.16. The lowest BCUT2D eigenvalue weighted by atomic mass is 9.92. The molecule has 1 atom stereocenters. The SMILES string of the molecule is CCCNC(C)(c1ccc(OCCC)cc1)C(F)F. The molecule has 0 aliphatic heterocycles. The van der Waals surface area contributed by atoms with Crippen LogP contribution in [0.15, 0.2) is 24.3 Å². The molecule has 1 aromatic rings. The van der Waals surface area contributed by atoms with Gasteiger partial charge in [0.25, 0.3) is 6.43 Å². The van der Waals surface area contributed by atoms with E-state index in [0.29, 0.717) is 18.7 Å². The number of hydrogen-bond donors (Lipinski definition) is 1. The van der Waals surface area contributed by atoms with Crippen molar-refractivity contribution >= 4 is 0 Å². The summed E-state index contributed by atoms with van der Waals surface area (Å²) in [5.41, 5.74) is -0.723. The number of halogens is 2. The summed E-state index contributed by atoms with van der Waals surface area (Å²) >= 11 is 0. The molecule has 2 nitrogen and oxygen atoms in total. The van der Waals surface area contributed by atoms with E-state index in [-0.39, 0.29) is 0 Å². The summed E-state index contributed by atoms with van der Waals surface area (Å²) in [4.78, 5) is 0. The quantitative estimate of drug-likeness (QED) is 0.773. The largest absolute Gasteiger partial charge is 0.494 e. The summed E-state index contributed by atoms with van der Waals surface area (Å²) < 4.78 is 32.1. The van der Waals surface area contributed by atoms with Crippen LogP contribution in [0.5, 0.6) is 5.75 Å². The van der Waals surface area contributed by atoms with E-state index in [1.165, 1.54) is 6.92 Å². The van der Waals surface area contributed by atoms with Crippen LogP contribution in [0.3, 0.4) is 0 Å². The van der Waals surface area contributed by atoms with Crippen LogP contribution in [-0.4, -0.2) is 19.6 Å². The van der Waals surface area contributed by atoms with Crippen molar-refractivity contribution in [2.24, 2.45) is 0 Å². The zero-order chi connectivity index (χ0) is 14.3. The first kappa shape index (κ1) is 15.9. The van der Waals surface area contributed by atoms with Crippen molar-refractivity contribution in [1.82, 2.24) is 5.32 Å². The fourth-order valence-electron chi connectivity index (χ4n) is 1.81. The minimum absolute atomic E-state index is 0.564. The average molecular weight is 271 g/mol. The van der Waals surface area contributed by atoms with Crippen LogP contribution < -0.4 is 10.1 Å². The van der Waals surface area contributed by atoms with Gasteiger partial charge in [-0.05, 0) is 44.0 Å². The average Bonchev–Trinajstić information content (AvgIpc) is 2.42. The Morgan fingerprint density at radius 2 is 1.79 bits per heavy atom. The minimum atomic E-state index is -2.46. The number of benzene rings is 1. The molecule has 0 aromatic heterocycles. The first-order valence-electron chi connectivity index (χ1n) is 6.81. The molecule has 1 rings (SSSR count). The highest BCUT2D eigenvalue weighted by Crippen LogP contribution is 2.29. The van der Waals surface area contributed by atoms with Crippen LogP contribution in [0.4, 0.5) is 8.78 Å². The van der Waals surface area contributed by atoms with Gasteiger partial charge in [-0.15, -0.1) is 0 Å². The highest BCUT2D eigenvalue weighted by Gasteiger charge is 2.36. The maximum atomic E-state index is 13.3. The van der Waals surface area contributed by atoms with Crippen molar-refractivity contribution in [2.45, 2.75) is 45.6 Å². The maximum Gasteiger partial charge on any atom is 0.260 e. The Morgan fingerprint density at radius 3 is 2.26 bits per heavy atom. The molecule has 0 bridgehead atoms. The van der Waals surface area contributed by atoms with Gasteiger partial charge in [-0.25, -0.2) is 8.78 Å². The van der Waals surface area contributed by atoms with Gasteiger partial charge in [0.15, 0.2) is 0 Å². The van der Waals surface area contributed by atoms with Crippen molar-refractivity contribution in [3.05, 3.63) is 29.8 Å². The zero-order valence-electron chi connectivity index (χ0n) is 11.9. The standard InChI is InChI=1S/C15H23F2NO/c1-4-10-18-15(3,14(16)17)12-6-8-13(9-7-12)19-11-5-2/h6-9,14,18H,4-5,10-11H2,1-3H3. The molecule has 1 N–H and O–H groups in total. The molecule has 0 amide bonds. The number of alkyl halides is 2. The lowest BCUT2D eigenvalue weighted by Gasteiger charge is -2.30. The lowest BCUT2D eigenvalue weighted by molar-refractivity contribution is 0.0385. The predicted molar refractivity (Wildman–Crippen MR) is 73.9 cm³/mol. The summed E-state index contributed by atoms with van der Waals surface area (Å²) in [6.45, 7) is 6.72. The van der Waals surface area contributed by atoms with Gasteiger partial charge >= 0.3 is 0 Å². The summed E-state index contributed by atoms with van der Waals surface area (Å²) in [6.07, 6.45) is -0.712. The van der Waals surface area contributed by atoms with Crippen molar-refractivity contribution in [3.63, 3.8) is 0 Å². The molecule has 0 heterocycles. The van der Waals surface area contributed by atoms with Gasteiger partial charge in [0.1, 0.15) is 11.3 Å². The lowest BCUT2D eigenvalue weighted by Crippen LogP contribution is -2.46. The second-order valence-corrected chi connectivity index (χ2v) is 4.80. The van der Waals surface area contributed by atoms with Gasteiger partial charge in [-0.1, -0.05) is 26.0 Å². The molecule has 1 unspecified atom stereocenters. The minimum Gasteiger partial charge on any atom is -0.494 e. The van der Waals surface area contributed by atoms with Crippen molar-refractivity contribution < 1.29 is 13.5 Å². The molecule has 0 fully saturated rings.